The molecule has 0 atom stereocenters. The predicted octanol–water partition coefficient (Wildman–Crippen LogP) is 9.89. The average molecular weight is 754 g/mol. The minimum atomic E-state index is -4.46. The number of pyridine rings is 1. The maximum Gasteiger partial charge on any atom is 0.416 e. The lowest BCUT2D eigenvalue weighted by atomic mass is 9.74. The highest BCUT2D eigenvalue weighted by Gasteiger charge is 2.47. The Balaban J connectivity index is 1.08. The van der Waals surface area contributed by atoms with Crippen molar-refractivity contribution in [2.75, 3.05) is 5.32 Å². The van der Waals surface area contributed by atoms with Crippen LogP contribution in [0, 0.1) is 0 Å². The van der Waals surface area contributed by atoms with Gasteiger partial charge in [-0.15, -0.1) is 0 Å². The van der Waals surface area contributed by atoms with Gasteiger partial charge in [-0.3, -0.25) is 14.6 Å². The van der Waals surface area contributed by atoms with Crippen LogP contribution in [0.5, 0.6) is 0 Å². The van der Waals surface area contributed by atoms with E-state index in [9.17, 15) is 22.8 Å². The average Bonchev–Trinajstić information content (AvgIpc) is 3.70. The number of primary amides is 1. The first kappa shape index (κ1) is 35.8. The van der Waals surface area contributed by atoms with Gasteiger partial charge in [-0.2, -0.15) is 13.2 Å². The topological polar surface area (TPSA) is 103 Å². The molecule has 1 aliphatic carbocycles. The zero-order valence-electron chi connectivity index (χ0n) is 29.4. The van der Waals surface area contributed by atoms with Crippen molar-refractivity contribution in [3.63, 3.8) is 0 Å². The molecule has 8 rings (SSSR count). The summed E-state index contributed by atoms with van der Waals surface area (Å²) in [6.07, 6.45) is 0.209. The first-order valence-electron chi connectivity index (χ1n) is 17.7. The highest BCUT2D eigenvalue weighted by molar-refractivity contribution is 7.98. The summed E-state index contributed by atoms with van der Waals surface area (Å²) in [5.41, 5.74) is 12.8. The molecule has 0 spiro atoms. The van der Waals surface area contributed by atoms with Gasteiger partial charge in [-0.25, -0.2) is 4.98 Å². The summed E-state index contributed by atoms with van der Waals surface area (Å²) < 4.78 is 41.8. The molecule has 0 fully saturated rings. The molecule has 0 aliphatic heterocycles. The Morgan fingerprint density at radius 2 is 1.47 bits per heavy atom. The quantitative estimate of drug-likeness (QED) is 0.128. The number of hydrogen-bond acceptors (Lipinski definition) is 5. The van der Waals surface area contributed by atoms with Crippen LogP contribution in [0.3, 0.4) is 0 Å². The number of rotatable bonds is 11. The second-order valence-electron chi connectivity index (χ2n) is 13.4. The summed E-state index contributed by atoms with van der Waals surface area (Å²) in [4.78, 5) is 36.4. The summed E-state index contributed by atoms with van der Waals surface area (Å²) in [5.74, 6) is -0.158. The Bertz CT molecular complexity index is 2510. The zero-order chi connectivity index (χ0) is 38.2. The number of carbonyl (C=O) groups is 2. The summed E-state index contributed by atoms with van der Waals surface area (Å²) in [6, 6.07) is 36.9. The number of carbonyl (C=O) groups excluding carboxylic acids is 2. The number of halogens is 3. The smallest absolute Gasteiger partial charge is 0.369 e. The number of anilines is 1. The van der Waals surface area contributed by atoms with E-state index in [1.54, 1.807) is 42.2 Å². The number of aromatic nitrogens is 3. The van der Waals surface area contributed by atoms with Gasteiger partial charge in [0.25, 0.3) is 5.91 Å². The van der Waals surface area contributed by atoms with Gasteiger partial charge in [0.1, 0.15) is 0 Å². The number of nitrogens with one attached hydrogen (secondary N) is 1. The number of alkyl halides is 3. The van der Waals surface area contributed by atoms with Gasteiger partial charge < -0.3 is 15.6 Å². The monoisotopic (exact) mass is 753 g/mol. The lowest BCUT2D eigenvalue weighted by Crippen LogP contribution is -2.41. The number of hydrogen-bond donors (Lipinski definition) is 2. The number of imidazole rings is 1. The first-order chi connectivity index (χ1) is 26.6. The van der Waals surface area contributed by atoms with Crippen molar-refractivity contribution in [1.29, 1.82) is 0 Å². The summed E-state index contributed by atoms with van der Waals surface area (Å²) in [5, 5.41) is 3.74. The standard InChI is InChI=1S/C44H34F3N5O2S/c45-44(46,47)30-18-16-29(17-19-30)32-10-1-2-13-35(32)40(53)50-31-20-21-39-38(25-31)51-42(55-27-28-9-7-23-49-26-28)52(39)24-8-22-43(41(48)54)36-14-5-3-11-33(36)34-12-4-6-15-37(34)43/h1-7,9-21,23,25-26H,8,22,24,27H2,(H2,48,54)(H,50,53). The van der Waals surface area contributed by atoms with Crippen LogP contribution in [0.2, 0.25) is 0 Å². The third kappa shape index (κ3) is 6.76. The highest BCUT2D eigenvalue weighted by Crippen LogP contribution is 2.51. The number of fused-ring (bicyclic) bond motifs is 4. The minimum Gasteiger partial charge on any atom is -0.369 e. The molecule has 0 saturated heterocycles. The summed E-state index contributed by atoms with van der Waals surface area (Å²) >= 11 is 1.57. The SMILES string of the molecule is NC(=O)C1(CCCn2c(SCc3cccnc3)nc3cc(NC(=O)c4ccccc4-c4ccc(C(F)(F)F)cc4)ccc32)c2ccccc2-c2ccccc21. The maximum absolute atomic E-state index is 13.7. The van der Waals surface area contributed by atoms with Gasteiger partial charge in [0.15, 0.2) is 5.16 Å². The van der Waals surface area contributed by atoms with Crippen molar-refractivity contribution < 1.29 is 22.8 Å². The second-order valence-corrected chi connectivity index (χ2v) is 14.4. The second kappa shape index (κ2) is 14.6. The van der Waals surface area contributed by atoms with Crippen molar-refractivity contribution >= 4 is 40.3 Å². The van der Waals surface area contributed by atoms with Crippen molar-refractivity contribution in [2.45, 2.75) is 41.9 Å². The van der Waals surface area contributed by atoms with E-state index in [1.807, 2.05) is 85.1 Å². The molecule has 274 valence electrons. The van der Waals surface area contributed by atoms with Crippen LogP contribution in [0.25, 0.3) is 33.3 Å². The molecule has 0 radical (unpaired) electrons. The molecule has 1 aliphatic rings. The van der Waals surface area contributed by atoms with Gasteiger partial charge in [-0.05, 0) is 94.3 Å². The third-order valence-electron chi connectivity index (χ3n) is 10.2. The van der Waals surface area contributed by atoms with E-state index in [0.717, 1.165) is 50.6 Å². The molecule has 55 heavy (non-hydrogen) atoms. The number of nitrogens with two attached hydrogens (primary N) is 1. The van der Waals surface area contributed by atoms with E-state index in [0.29, 0.717) is 53.0 Å². The van der Waals surface area contributed by atoms with Gasteiger partial charge in [0, 0.05) is 35.9 Å². The number of nitrogens with zero attached hydrogens (tertiary/aromatic N) is 3. The van der Waals surface area contributed by atoms with E-state index in [4.69, 9.17) is 10.7 Å². The van der Waals surface area contributed by atoms with Gasteiger partial charge in [0.2, 0.25) is 5.91 Å². The van der Waals surface area contributed by atoms with E-state index < -0.39 is 23.1 Å². The van der Waals surface area contributed by atoms with Crippen LogP contribution >= 0.6 is 11.8 Å². The number of amides is 2. The van der Waals surface area contributed by atoms with Crippen molar-refractivity contribution in [1.82, 2.24) is 14.5 Å². The Morgan fingerprint density at radius 1 is 0.800 bits per heavy atom. The molecule has 5 aromatic carbocycles. The van der Waals surface area contributed by atoms with Crippen LogP contribution in [0.1, 0.15) is 45.5 Å². The molecule has 2 amide bonds. The molecule has 0 bridgehead atoms. The van der Waals surface area contributed by atoms with Crippen LogP contribution in [0.15, 0.2) is 145 Å². The molecule has 3 N–H and O–H groups in total. The Labute approximate surface area is 319 Å². The van der Waals surface area contributed by atoms with E-state index in [2.05, 4.69) is 14.9 Å². The summed E-state index contributed by atoms with van der Waals surface area (Å²) in [7, 11) is 0. The van der Waals surface area contributed by atoms with Crippen LogP contribution in [-0.2, 0) is 28.7 Å². The zero-order valence-corrected chi connectivity index (χ0v) is 30.2. The van der Waals surface area contributed by atoms with Crippen LogP contribution in [0.4, 0.5) is 18.9 Å². The largest absolute Gasteiger partial charge is 0.416 e. The predicted molar refractivity (Wildman–Crippen MR) is 209 cm³/mol. The maximum atomic E-state index is 13.7. The van der Waals surface area contributed by atoms with E-state index in [-0.39, 0.29) is 5.91 Å². The van der Waals surface area contributed by atoms with Crippen molar-refractivity contribution in [2.24, 2.45) is 5.73 Å². The molecular formula is C44H34F3N5O2S. The highest BCUT2D eigenvalue weighted by atomic mass is 32.2. The van der Waals surface area contributed by atoms with Gasteiger partial charge in [-0.1, -0.05) is 96.7 Å². The molecule has 0 saturated carbocycles. The van der Waals surface area contributed by atoms with Crippen LogP contribution < -0.4 is 11.1 Å². The van der Waals surface area contributed by atoms with Crippen molar-refractivity contribution in [3.8, 4) is 22.3 Å². The summed E-state index contributed by atoms with van der Waals surface area (Å²) in [6.45, 7) is 0.553. The molecule has 2 heterocycles. The van der Waals surface area contributed by atoms with E-state index in [1.165, 1.54) is 12.1 Å². The normalized spacial score (nSPS) is 13.0. The number of aryl methyl sites for hydroxylation is 1. The lowest BCUT2D eigenvalue weighted by molar-refractivity contribution is -0.137. The molecule has 7 aromatic rings. The number of thioether (sulfide) groups is 1. The molecule has 11 heteroatoms. The molecular weight excluding hydrogens is 720 g/mol. The lowest BCUT2D eigenvalue weighted by Gasteiger charge is -2.29. The Hall–Kier alpha value is -6.20. The van der Waals surface area contributed by atoms with Gasteiger partial charge in [0.05, 0.1) is 22.0 Å². The number of benzene rings is 5. The Morgan fingerprint density at radius 3 is 2.13 bits per heavy atom. The fourth-order valence-corrected chi connectivity index (χ4v) is 8.57. The van der Waals surface area contributed by atoms with Crippen LogP contribution in [-0.4, -0.2) is 26.3 Å². The first-order valence-corrected chi connectivity index (χ1v) is 18.7. The third-order valence-corrected chi connectivity index (χ3v) is 11.2. The molecule has 2 aromatic heterocycles. The Kier molecular flexibility index (Phi) is 9.48. The van der Waals surface area contributed by atoms with E-state index >= 15 is 0 Å². The molecule has 7 nitrogen and oxygen atoms in total. The fourth-order valence-electron chi connectivity index (χ4n) is 7.60. The van der Waals surface area contributed by atoms with Gasteiger partial charge >= 0.3 is 6.18 Å². The van der Waals surface area contributed by atoms with Crippen molar-refractivity contribution in [3.05, 3.63) is 168 Å². The minimum absolute atomic E-state index is 0.319. The molecule has 0 unspecified atom stereocenters. The fraction of sp³-hybridized carbons (Fsp3) is 0.136.